The summed E-state index contributed by atoms with van der Waals surface area (Å²) >= 11 is 0. The van der Waals surface area contributed by atoms with Crippen molar-refractivity contribution in [3.63, 3.8) is 0 Å². The van der Waals surface area contributed by atoms with Crippen LogP contribution in [-0.4, -0.2) is 25.5 Å². The number of aryl methyl sites for hydroxylation is 3. The maximum Gasteiger partial charge on any atom is 0.123 e. The quantitative estimate of drug-likeness (QED) is 0.104. The molecule has 5 heteroatoms. The monoisotopic (exact) mass is 692 g/mol. The Morgan fingerprint density at radius 1 is 0.462 bits per heavy atom. The Labute approximate surface area is 307 Å². The van der Waals surface area contributed by atoms with Crippen LogP contribution in [0.15, 0.2) is 109 Å². The lowest BCUT2D eigenvalue weighted by atomic mass is 9.70. The number of rotatable bonds is 9. The van der Waals surface area contributed by atoms with Crippen LogP contribution >= 0.6 is 0 Å². The largest absolute Gasteiger partial charge is 0.508 e. The highest BCUT2D eigenvalue weighted by Crippen LogP contribution is 2.47. The van der Waals surface area contributed by atoms with Crippen LogP contribution in [0.1, 0.15) is 88.9 Å². The van der Waals surface area contributed by atoms with Crippen LogP contribution in [0, 0.1) is 20.8 Å². The first-order valence-electron chi connectivity index (χ1n) is 17.7. The molecule has 0 radical (unpaired) electrons. The molecule has 0 atom stereocenters. The minimum Gasteiger partial charge on any atom is -0.508 e. The van der Waals surface area contributed by atoms with Crippen molar-refractivity contribution in [2.24, 2.45) is 0 Å². The van der Waals surface area contributed by atoms with Gasteiger partial charge in [-0.25, -0.2) is 0 Å². The molecule has 0 aliphatic heterocycles. The third kappa shape index (κ3) is 6.96. The molecule has 0 aliphatic rings. The molecule has 0 unspecified atom stereocenters. The number of benzene rings is 6. The number of hydrogen-bond donors (Lipinski definition) is 5. The Hall–Kier alpha value is -5.68. The second-order valence-electron chi connectivity index (χ2n) is 15.3. The minimum absolute atomic E-state index is 0.129. The van der Waals surface area contributed by atoms with E-state index in [-0.39, 0.29) is 35.2 Å². The van der Waals surface area contributed by atoms with E-state index < -0.39 is 10.8 Å². The summed E-state index contributed by atoms with van der Waals surface area (Å²) < 4.78 is 0. The molecule has 0 aromatic heterocycles. The normalized spacial score (nSPS) is 11.9. The third-order valence-corrected chi connectivity index (χ3v) is 10.8. The van der Waals surface area contributed by atoms with E-state index in [0.29, 0.717) is 23.1 Å². The highest BCUT2D eigenvalue weighted by molar-refractivity contribution is 5.80. The van der Waals surface area contributed by atoms with Gasteiger partial charge in [0.1, 0.15) is 28.7 Å². The zero-order chi connectivity index (χ0) is 37.5. The molecular formula is C47H48O5. The fraction of sp³-hybridized carbons (Fsp3) is 0.234. The van der Waals surface area contributed by atoms with Crippen LogP contribution in [0.5, 0.6) is 28.7 Å². The third-order valence-electron chi connectivity index (χ3n) is 10.8. The number of phenols is 5. The zero-order valence-electron chi connectivity index (χ0n) is 31.0. The van der Waals surface area contributed by atoms with Crippen molar-refractivity contribution in [3.8, 4) is 39.9 Å². The van der Waals surface area contributed by atoms with Crippen molar-refractivity contribution in [1.82, 2.24) is 0 Å². The van der Waals surface area contributed by atoms with Gasteiger partial charge in [-0.2, -0.15) is 0 Å². The molecular weight excluding hydrogens is 645 g/mol. The summed E-state index contributed by atoms with van der Waals surface area (Å²) in [6.07, 6.45) is 0.613. The molecule has 6 aromatic carbocycles. The summed E-state index contributed by atoms with van der Waals surface area (Å²) in [6.45, 7) is 14.7. The van der Waals surface area contributed by atoms with Crippen molar-refractivity contribution < 1.29 is 25.5 Å². The first kappa shape index (κ1) is 36.1. The molecule has 5 N–H and O–H groups in total. The van der Waals surface area contributed by atoms with Crippen LogP contribution in [0.3, 0.4) is 0 Å². The first-order valence-corrected chi connectivity index (χ1v) is 17.7. The predicted molar refractivity (Wildman–Crippen MR) is 210 cm³/mol. The summed E-state index contributed by atoms with van der Waals surface area (Å²) in [5.74, 6) is 0.871. The fourth-order valence-electron chi connectivity index (χ4n) is 7.49. The van der Waals surface area contributed by atoms with Crippen molar-refractivity contribution in [2.75, 3.05) is 0 Å². The topological polar surface area (TPSA) is 101 Å². The Kier molecular flexibility index (Phi) is 9.59. The van der Waals surface area contributed by atoms with E-state index in [9.17, 15) is 25.5 Å². The molecule has 0 amide bonds. The maximum atomic E-state index is 12.3. The van der Waals surface area contributed by atoms with Gasteiger partial charge >= 0.3 is 0 Å². The van der Waals surface area contributed by atoms with Crippen LogP contribution in [-0.2, 0) is 23.7 Å². The molecule has 0 bridgehead atoms. The standard InChI is InChI=1S/C47H48O5/c1-28-8-20-42(50)31(22-28)25-33-24-30(3)44(40(45(33)52)26-32-23-29(2)9-21-43(32)51)39-19-14-36(46(4,5)34-10-15-37(48)16-11-34)27-41(39)47(6,7)35-12-17-38(49)18-13-35/h8-24,27,48-52H,25-26H2,1-7H3. The van der Waals surface area contributed by atoms with E-state index in [1.807, 2.05) is 68.4 Å². The van der Waals surface area contributed by atoms with Gasteiger partial charge < -0.3 is 25.5 Å². The molecule has 0 saturated heterocycles. The highest BCUT2D eigenvalue weighted by atomic mass is 16.3. The van der Waals surface area contributed by atoms with Crippen molar-refractivity contribution >= 4 is 0 Å². The molecule has 0 fully saturated rings. The van der Waals surface area contributed by atoms with Crippen LogP contribution in [0.2, 0.25) is 0 Å². The lowest BCUT2D eigenvalue weighted by molar-refractivity contribution is 0.457. The number of phenolic OH excluding ortho intramolecular Hbond substituents is 5. The first-order chi connectivity index (χ1) is 24.6. The fourth-order valence-corrected chi connectivity index (χ4v) is 7.49. The van der Waals surface area contributed by atoms with Crippen LogP contribution in [0.4, 0.5) is 0 Å². The van der Waals surface area contributed by atoms with E-state index in [2.05, 4.69) is 52.8 Å². The van der Waals surface area contributed by atoms with E-state index in [1.54, 1.807) is 36.4 Å². The van der Waals surface area contributed by atoms with E-state index in [1.165, 1.54) is 0 Å². The minimum atomic E-state index is -0.555. The maximum absolute atomic E-state index is 12.3. The molecule has 0 spiro atoms. The van der Waals surface area contributed by atoms with Gasteiger partial charge in [-0.1, -0.05) is 112 Å². The average Bonchev–Trinajstić information content (AvgIpc) is 3.10. The second-order valence-corrected chi connectivity index (χ2v) is 15.3. The van der Waals surface area contributed by atoms with Crippen molar-refractivity contribution in [1.29, 1.82) is 0 Å². The van der Waals surface area contributed by atoms with Gasteiger partial charge in [-0.05, 0) is 113 Å². The Balaban J connectivity index is 1.63. The van der Waals surface area contributed by atoms with Crippen molar-refractivity contribution in [3.05, 3.63) is 170 Å². The highest BCUT2D eigenvalue weighted by Gasteiger charge is 2.32. The summed E-state index contributed by atoms with van der Waals surface area (Å²) in [7, 11) is 0. The van der Waals surface area contributed by atoms with Crippen LogP contribution < -0.4 is 0 Å². The summed E-state index contributed by atoms with van der Waals surface area (Å²) in [4.78, 5) is 0. The van der Waals surface area contributed by atoms with E-state index >= 15 is 0 Å². The van der Waals surface area contributed by atoms with Crippen molar-refractivity contribution in [2.45, 2.75) is 72.1 Å². The van der Waals surface area contributed by atoms with Gasteiger partial charge in [0, 0.05) is 29.2 Å². The summed E-state index contributed by atoms with van der Waals surface area (Å²) in [5.41, 5.74) is 10.8. The molecule has 0 saturated carbocycles. The number of aromatic hydroxyl groups is 5. The zero-order valence-corrected chi connectivity index (χ0v) is 31.0. The summed E-state index contributed by atoms with van der Waals surface area (Å²) in [6, 6.07) is 34.2. The summed E-state index contributed by atoms with van der Waals surface area (Å²) in [5, 5.41) is 54.3. The SMILES string of the molecule is Cc1ccc(O)c(Cc2cc(C)c(-c3ccc(C(C)(C)c4ccc(O)cc4)cc3C(C)(C)c3ccc(O)cc3)c(Cc3cc(C)ccc3O)c2O)c1. The smallest absolute Gasteiger partial charge is 0.123 e. The van der Waals surface area contributed by atoms with Gasteiger partial charge in [0.15, 0.2) is 0 Å². The molecule has 5 nitrogen and oxygen atoms in total. The lowest BCUT2D eigenvalue weighted by Crippen LogP contribution is -2.24. The molecule has 266 valence electrons. The molecule has 0 aliphatic carbocycles. The Morgan fingerprint density at radius 2 is 0.942 bits per heavy atom. The number of hydrogen-bond acceptors (Lipinski definition) is 5. The van der Waals surface area contributed by atoms with Gasteiger partial charge in [-0.3, -0.25) is 0 Å². The predicted octanol–water partition coefficient (Wildman–Crippen LogP) is 10.6. The van der Waals surface area contributed by atoms with E-state index in [4.69, 9.17) is 0 Å². The molecule has 52 heavy (non-hydrogen) atoms. The Morgan fingerprint density at radius 3 is 1.48 bits per heavy atom. The average molecular weight is 693 g/mol. The van der Waals surface area contributed by atoms with Gasteiger partial charge in [0.05, 0.1) is 0 Å². The van der Waals surface area contributed by atoms with Gasteiger partial charge in [0.2, 0.25) is 0 Å². The molecule has 6 rings (SSSR count). The van der Waals surface area contributed by atoms with E-state index in [0.717, 1.165) is 55.6 Å². The van der Waals surface area contributed by atoms with Crippen LogP contribution in [0.25, 0.3) is 11.1 Å². The molecule has 6 aromatic rings. The second kappa shape index (κ2) is 13.8. The van der Waals surface area contributed by atoms with Gasteiger partial charge in [-0.15, -0.1) is 0 Å². The molecule has 0 heterocycles. The van der Waals surface area contributed by atoms with Gasteiger partial charge in [0.25, 0.3) is 0 Å². The Bertz CT molecular complexity index is 2260. The lowest BCUT2D eigenvalue weighted by Gasteiger charge is -2.34.